The number of hydrogen-bond acceptors (Lipinski definition) is 7. The number of likely N-dealkylation sites (tertiary alicyclic amines) is 1. The highest BCUT2D eigenvalue weighted by atomic mass is 32.2. The normalized spacial score (nSPS) is 25.1. The molecule has 3 aliphatic rings. The molecular formula is C21H30N6O4S. The summed E-state index contributed by atoms with van der Waals surface area (Å²) in [5.74, 6) is 2.61. The van der Waals surface area contributed by atoms with Crippen molar-refractivity contribution in [2.24, 2.45) is 4.99 Å². The number of piperazine rings is 1. The molecule has 11 heteroatoms. The molecule has 174 valence electrons. The highest BCUT2D eigenvalue weighted by molar-refractivity contribution is 7.88. The molecule has 3 amide bonds. The zero-order chi connectivity index (χ0) is 23.5. The van der Waals surface area contributed by atoms with Crippen LogP contribution in [0.2, 0.25) is 0 Å². The van der Waals surface area contributed by atoms with E-state index in [1.54, 1.807) is 0 Å². The second-order valence-electron chi connectivity index (χ2n) is 8.32. The van der Waals surface area contributed by atoms with Gasteiger partial charge in [0.25, 0.3) is 5.91 Å². The highest BCUT2D eigenvalue weighted by Gasteiger charge is 2.38. The fourth-order valence-corrected chi connectivity index (χ4v) is 4.86. The molecule has 10 nitrogen and oxygen atoms in total. The minimum absolute atomic E-state index is 0.0520. The van der Waals surface area contributed by atoms with Gasteiger partial charge in [-0.15, -0.1) is 6.42 Å². The van der Waals surface area contributed by atoms with E-state index in [9.17, 15) is 18.0 Å². The van der Waals surface area contributed by atoms with Crippen molar-refractivity contribution in [1.29, 1.82) is 0 Å². The van der Waals surface area contributed by atoms with Gasteiger partial charge in [0.05, 0.1) is 6.26 Å². The summed E-state index contributed by atoms with van der Waals surface area (Å²) in [5, 5.41) is 5.38. The van der Waals surface area contributed by atoms with E-state index in [-0.39, 0.29) is 6.04 Å². The second kappa shape index (κ2) is 9.95. The van der Waals surface area contributed by atoms with Crippen LogP contribution in [0.15, 0.2) is 27.9 Å². The Balaban J connectivity index is 1.75. The molecule has 3 aliphatic heterocycles. The van der Waals surface area contributed by atoms with Crippen LogP contribution in [-0.4, -0.2) is 87.1 Å². The van der Waals surface area contributed by atoms with Gasteiger partial charge in [0.2, 0.25) is 10.0 Å². The van der Waals surface area contributed by atoms with Gasteiger partial charge in [0.15, 0.2) is 0 Å². The SMILES string of the molecule is C#C/C(C)=C(C)\C=C1/CN[C@H]2C(=O)NC(=O)N=C2N1CCN1CCC(NS(C)(=O)=O)CC1. The predicted octanol–water partition coefficient (Wildman–Crippen LogP) is -0.224. The Kier molecular flexibility index (Phi) is 7.51. The third-order valence-corrected chi connectivity index (χ3v) is 6.64. The van der Waals surface area contributed by atoms with Crippen LogP contribution < -0.4 is 15.4 Å². The fraction of sp³-hybridized carbons (Fsp3) is 0.571. The van der Waals surface area contributed by atoms with E-state index in [4.69, 9.17) is 6.42 Å². The molecule has 2 fully saturated rings. The number of terminal acetylenes is 1. The van der Waals surface area contributed by atoms with Gasteiger partial charge in [0, 0.05) is 36.9 Å². The van der Waals surface area contributed by atoms with Crippen LogP contribution in [-0.2, 0) is 14.8 Å². The van der Waals surface area contributed by atoms with E-state index in [0.717, 1.165) is 42.8 Å². The summed E-state index contributed by atoms with van der Waals surface area (Å²) >= 11 is 0. The first-order valence-corrected chi connectivity index (χ1v) is 12.4. The van der Waals surface area contributed by atoms with E-state index in [0.29, 0.717) is 25.5 Å². The van der Waals surface area contributed by atoms with Gasteiger partial charge < -0.3 is 9.80 Å². The number of imide groups is 1. The van der Waals surface area contributed by atoms with Gasteiger partial charge in [-0.1, -0.05) is 5.92 Å². The zero-order valence-electron chi connectivity index (χ0n) is 18.6. The van der Waals surface area contributed by atoms with Crippen molar-refractivity contribution in [2.75, 3.05) is 39.0 Å². The van der Waals surface area contributed by atoms with E-state index >= 15 is 0 Å². The summed E-state index contributed by atoms with van der Waals surface area (Å²) in [6, 6.07) is -1.41. The third-order valence-electron chi connectivity index (χ3n) is 5.88. The summed E-state index contributed by atoms with van der Waals surface area (Å²) in [6.07, 6.45) is 10.1. The van der Waals surface area contributed by atoms with Crippen molar-refractivity contribution >= 4 is 27.8 Å². The number of nitrogens with one attached hydrogen (secondary N) is 3. The molecule has 3 N–H and O–H groups in total. The van der Waals surface area contributed by atoms with E-state index in [1.807, 2.05) is 24.8 Å². The monoisotopic (exact) mass is 462 g/mol. The van der Waals surface area contributed by atoms with Crippen molar-refractivity contribution in [1.82, 2.24) is 25.2 Å². The molecule has 0 aliphatic carbocycles. The van der Waals surface area contributed by atoms with Gasteiger partial charge >= 0.3 is 6.03 Å². The number of hydrogen-bond donors (Lipinski definition) is 3. The first-order chi connectivity index (χ1) is 15.1. The number of aliphatic imine (C=N–C) groups is 1. The van der Waals surface area contributed by atoms with Crippen LogP contribution in [0.4, 0.5) is 4.79 Å². The molecule has 0 unspecified atom stereocenters. The van der Waals surface area contributed by atoms with Gasteiger partial charge in [-0.25, -0.2) is 17.9 Å². The lowest BCUT2D eigenvalue weighted by Crippen LogP contribution is -2.63. The molecule has 0 spiro atoms. The molecular weight excluding hydrogens is 432 g/mol. The maximum atomic E-state index is 12.3. The lowest BCUT2D eigenvalue weighted by atomic mass is 10.0. The topological polar surface area (TPSA) is 123 Å². The predicted molar refractivity (Wildman–Crippen MR) is 122 cm³/mol. The Labute approximate surface area is 189 Å². The number of rotatable bonds is 6. The van der Waals surface area contributed by atoms with E-state index in [1.165, 1.54) is 6.26 Å². The average Bonchev–Trinajstić information content (AvgIpc) is 2.72. The molecule has 0 radical (unpaired) electrons. The first kappa shape index (κ1) is 24.1. The quantitative estimate of drug-likeness (QED) is 0.466. The molecule has 3 rings (SSSR count). The fourth-order valence-electron chi connectivity index (χ4n) is 4.02. The third kappa shape index (κ3) is 6.04. The van der Waals surface area contributed by atoms with Crippen molar-refractivity contribution in [3.05, 3.63) is 22.9 Å². The minimum atomic E-state index is -3.22. The number of sulfonamides is 1. The molecule has 0 aromatic carbocycles. The standard InChI is InChI=1S/C21H30N6O4S/c1-5-14(2)15(3)12-17-13-22-18-19(23-21(29)24-20(18)28)27(17)11-10-26-8-6-16(7-9-26)25-32(4,30)31/h1,12,16,18,22,25H,6-11,13H2,2-4H3,(H,24,28,29)/b15-14-,17-12+/t18-/m1/s1. The first-order valence-electron chi connectivity index (χ1n) is 10.6. The maximum absolute atomic E-state index is 12.3. The number of allylic oxidation sites excluding steroid dienone is 3. The number of amides is 3. The Morgan fingerprint density at radius 2 is 1.97 bits per heavy atom. The summed E-state index contributed by atoms with van der Waals surface area (Å²) in [7, 11) is -3.22. The van der Waals surface area contributed by atoms with Gasteiger partial charge in [-0.3, -0.25) is 15.4 Å². The molecule has 0 aromatic rings. The number of carbonyl (C=O) groups excluding carboxylic acids is 2. The number of nitrogens with zero attached hydrogens (tertiary/aromatic N) is 3. The maximum Gasteiger partial charge on any atom is 0.349 e. The molecule has 2 saturated heterocycles. The summed E-state index contributed by atoms with van der Waals surface area (Å²) in [6.45, 7) is 6.94. The molecule has 0 saturated carbocycles. The summed E-state index contributed by atoms with van der Waals surface area (Å²) in [5.41, 5.74) is 2.61. The van der Waals surface area contributed by atoms with Crippen molar-refractivity contribution in [2.45, 2.75) is 38.8 Å². The van der Waals surface area contributed by atoms with E-state index < -0.39 is 28.0 Å². The van der Waals surface area contributed by atoms with Crippen LogP contribution in [0.3, 0.4) is 0 Å². The number of carbonyl (C=O) groups is 2. The van der Waals surface area contributed by atoms with Crippen molar-refractivity contribution < 1.29 is 18.0 Å². The van der Waals surface area contributed by atoms with Crippen LogP contribution in [0.1, 0.15) is 26.7 Å². The van der Waals surface area contributed by atoms with Gasteiger partial charge in [0.1, 0.15) is 11.9 Å². The second-order valence-corrected chi connectivity index (χ2v) is 10.1. The Hall–Kier alpha value is -2.52. The summed E-state index contributed by atoms with van der Waals surface area (Å²) in [4.78, 5) is 32.5. The lowest BCUT2D eigenvalue weighted by molar-refractivity contribution is -0.121. The molecule has 32 heavy (non-hydrogen) atoms. The number of urea groups is 1. The van der Waals surface area contributed by atoms with Crippen molar-refractivity contribution in [3.63, 3.8) is 0 Å². The van der Waals surface area contributed by atoms with Crippen LogP contribution >= 0.6 is 0 Å². The minimum Gasteiger partial charge on any atom is -0.329 e. The van der Waals surface area contributed by atoms with Crippen molar-refractivity contribution in [3.8, 4) is 12.3 Å². The lowest BCUT2D eigenvalue weighted by Gasteiger charge is -2.40. The smallest absolute Gasteiger partial charge is 0.329 e. The summed E-state index contributed by atoms with van der Waals surface area (Å²) < 4.78 is 25.6. The Morgan fingerprint density at radius 1 is 1.28 bits per heavy atom. The molecule has 0 aromatic heterocycles. The molecule has 0 bridgehead atoms. The highest BCUT2D eigenvalue weighted by Crippen LogP contribution is 2.20. The van der Waals surface area contributed by atoms with Crippen LogP contribution in [0, 0.1) is 12.3 Å². The number of piperidine rings is 1. The molecule has 1 atom stereocenters. The zero-order valence-corrected chi connectivity index (χ0v) is 19.5. The van der Waals surface area contributed by atoms with Crippen LogP contribution in [0.25, 0.3) is 0 Å². The molecule has 3 heterocycles. The van der Waals surface area contributed by atoms with E-state index in [2.05, 4.69) is 31.2 Å². The van der Waals surface area contributed by atoms with Gasteiger partial charge in [-0.05, 0) is 51.4 Å². The Bertz CT molecular complexity index is 1020. The largest absolute Gasteiger partial charge is 0.349 e. The number of fused-ring (bicyclic) bond motifs is 1. The Morgan fingerprint density at radius 3 is 2.59 bits per heavy atom. The average molecular weight is 463 g/mol. The van der Waals surface area contributed by atoms with Crippen LogP contribution in [0.5, 0.6) is 0 Å². The number of amidine groups is 1. The van der Waals surface area contributed by atoms with Gasteiger partial charge in [-0.2, -0.15) is 4.99 Å².